The average molecular weight is 266 g/mol. The summed E-state index contributed by atoms with van der Waals surface area (Å²) in [6, 6.07) is 15.2. The quantitative estimate of drug-likeness (QED) is 0.839. The number of likely N-dealkylation sites (tertiary alicyclic amines) is 1. The van der Waals surface area contributed by atoms with Gasteiger partial charge in [-0.05, 0) is 61.5 Å². The molecule has 0 bridgehead atoms. The molecule has 20 heavy (non-hydrogen) atoms. The van der Waals surface area contributed by atoms with Crippen LogP contribution < -0.4 is 0 Å². The number of rotatable bonds is 3. The second kappa shape index (κ2) is 6.67. The van der Waals surface area contributed by atoms with Crippen LogP contribution in [-0.4, -0.2) is 23.0 Å². The van der Waals surface area contributed by atoms with Gasteiger partial charge < -0.3 is 0 Å². The molecule has 0 spiro atoms. The van der Waals surface area contributed by atoms with Gasteiger partial charge in [0.25, 0.3) is 0 Å². The highest BCUT2D eigenvalue weighted by Gasteiger charge is 2.18. The largest absolute Gasteiger partial charge is 0.299 e. The number of benzene rings is 1. The van der Waals surface area contributed by atoms with Crippen LogP contribution in [0.25, 0.3) is 0 Å². The zero-order chi connectivity index (χ0) is 13.6. The van der Waals surface area contributed by atoms with E-state index in [9.17, 15) is 0 Å². The first kappa shape index (κ1) is 13.3. The molecule has 104 valence electrons. The van der Waals surface area contributed by atoms with Crippen LogP contribution in [0.2, 0.25) is 0 Å². The van der Waals surface area contributed by atoms with Crippen molar-refractivity contribution >= 4 is 0 Å². The second-order valence-electron chi connectivity index (χ2n) is 5.67. The second-order valence-corrected chi connectivity index (χ2v) is 5.67. The molecular weight excluding hydrogens is 244 g/mol. The minimum Gasteiger partial charge on any atom is -0.299 e. The van der Waals surface area contributed by atoms with Crippen molar-refractivity contribution in [2.75, 3.05) is 13.1 Å². The summed E-state index contributed by atoms with van der Waals surface area (Å²) >= 11 is 0. The Morgan fingerprint density at radius 2 is 1.75 bits per heavy atom. The molecule has 0 unspecified atom stereocenters. The molecule has 1 fully saturated rings. The molecule has 1 aromatic carbocycles. The van der Waals surface area contributed by atoms with Gasteiger partial charge in [0, 0.05) is 18.9 Å². The summed E-state index contributed by atoms with van der Waals surface area (Å²) in [6.45, 7) is 3.47. The summed E-state index contributed by atoms with van der Waals surface area (Å²) in [5, 5.41) is 0. The zero-order valence-corrected chi connectivity index (χ0v) is 11.9. The highest BCUT2D eigenvalue weighted by molar-refractivity contribution is 5.19. The minimum absolute atomic E-state index is 0.735. The van der Waals surface area contributed by atoms with Crippen molar-refractivity contribution in [1.29, 1.82) is 0 Å². The molecule has 1 saturated heterocycles. The van der Waals surface area contributed by atoms with Gasteiger partial charge in [0.15, 0.2) is 0 Å². The van der Waals surface area contributed by atoms with E-state index in [1.807, 2.05) is 12.4 Å². The summed E-state index contributed by atoms with van der Waals surface area (Å²) in [6.07, 6.45) is 7.66. The van der Waals surface area contributed by atoms with Crippen molar-refractivity contribution < 1.29 is 0 Å². The summed E-state index contributed by atoms with van der Waals surface area (Å²) < 4.78 is 0. The molecule has 0 saturated carbocycles. The number of hydrogen-bond donors (Lipinski definition) is 0. The van der Waals surface area contributed by atoms with E-state index < -0.39 is 0 Å². The Morgan fingerprint density at radius 1 is 0.950 bits per heavy atom. The number of pyridine rings is 1. The summed E-state index contributed by atoms with van der Waals surface area (Å²) in [5.74, 6) is 0.735. The Kier molecular flexibility index (Phi) is 4.44. The van der Waals surface area contributed by atoms with Crippen LogP contribution >= 0.6 is 0 Å². The standard InChI is InChI=1S/C18H22N2/c1-2-5-17(6-3-1)18-7-4-13-20(14-10-18)15-16-8-11-19-12-9-16/h1-3,5-6,8-9,11-12,18H,4,7,10,13-15H2/t18-/m0/s1. The van der Waals surface area contributed by atoms with Crippen LogP contribution in [0.1, 0.15) is 36.3 Å². The first-order chi connectivity index (χ1) is 9.92. The molecule has 0 N–H and O–H groups in total. The van der Waals surface area contributed by atoms with E-state index in [1.165, 1.54) is 43.5 Å². The van der Waals surface area contributed by atoms with Gasteiger partial charge in [0.1, 0.15) is 0 Å². The lowest BCUT2D eigenvalue weighted by atomic mass is 9.92. The molecule has 1 aromatic heterocycles. The molecule has 2 nitrogen and oxygen atoms in total. The fourth-order valence-electron chi connectivity index (χ4n) is 3.12. The van der Waals surface area contributed by atoms with E-state index in [0.717, 1.165) is 12.5 Å². The molecule has 0 radical (unpaired) electrons. The molecular formula is C18H22N2. The third kappa shape index (κ3) is 3.45. The lowest BCUT2D eigenvalue weighted by Crippen LogP contribution is -2.24. The Morgan fingerprint density at radius 3 is 2.55 bits per heavy atom. The van der Waals surface area contributed by atoms with Crippen LogP contribution in [0.4, 0.5) is 0 Å². The molecule has 2 aromatic rings. The van der Waals surface area contributed by atoms with Gasteiger partial charge >= 0.3 is 0 Å². The highest BCUT2D eigenvalue weighted by atomic mass is 15.1. The smallest absolute Gasteiger partial charge is 0.0271 e. The van der Waals surface area contributed by atoms with Crippen molar-refractivity contribution in [3.63, 3.8) is 0 Å². The molecule has 1 atom stereocenters. The number of aromatic nitrogens is 1. The monoisotopic (exact) mass is 266 g/mol. The van der Waals surface area contributed by atoms with Crippen LogP contribution in [0, 0.1) is 0 Å². The highest BCUT2D eigenvalue weighted by Crippen LogP contribution is 2.28. The molecule has 0 aliphatic carbocycles. The van der Waals surface area contributed by atoms with Crippen molar-refractivity contribution in [2.45, 2.75) is 31.7 Å². The Labute approximate surface area is 121 Å². The topological polar surface area (TPSA) is 16.1 Å². The van der Waals surface area contributed by atoms with E-state index in [2.05, 4.69) is 52.3 Å². The first-order valence-electron chi connectivity index (χ1n) is 7.58. The lowest BCUT2D eigenvalue weighted by Gasteiger charge is -2.20. The predicted octanol–water partition coefficient (Wildman–Crippen LogP) is 3.85. The van der Waals surface area contributed by atoms with Gasteiger partial charge in [0.05, 0.1) is 0 Å². The minimum atomic E-state index is 0.735. The first-order valence-corrected chi connectivity index (χ1v) is 7.58. The molecule has 1 aliphatic rings. The SMILES string of the molecule is c1ccc([C@H]2CCCN(Cc3ccncc3)CC2)cc1. The van der Waals surface area contributed by atoms with Crippen molar-refractivity contribution in [1.82, 2.24) is 9.88 Å². The Balaban J connectivity index is 1.60. The van der Waals surface area contributed by atoms with E-state index in [1.54, 1.807) is 0 Å². The van der Waals surface area contributed by atoms with Crippen LogP contribution in [0.3, 0.4) is 0 Å². The van der Waals surface area contributed by atoms with E-state index in [-0.39, 0.29) is 0 Å². The van der Waals surface area contributed by atoms with Crippen molar-refractivity contribution in [3.8, 4) is 0 Å². The van der Waals surface area contributed by atoms with Gasteiger partial charge in [-0.1, -0.05) is 30.3 Å². The molecule has 3 rings (SSSR count). The summed E-state index contributed by atoms with van der Waals surface area (Å²) in [5.41, 5.74) is 2.89. The van der Waals surface area contributed by atoms with Gasteiger partial charge in [-0.3, -0.25) is 9.88 Å². The van der Waals surface area contributed by atoms with Gasteiger partial charge in [0.2, 0.25) is 0 Å². The van der Waals surface area contributed by atoms with Crippen molar-refractivity contribution in [2.24, 2.45) is 0 Å². The normalized spacial score (nSPS) is 20.5. The van der Waals surface area contributed by atoms with Crippen molar-refractivity contribution in [3.05, 3.63) is 66.0 Å². The van der Waals surface area contributed by atoms with E-state index >= 15 is 0 Å². The Bertz CT molecular complexity index is 509. The van der Waals surface area contributed by atoms with E-state index in [4.69, 9.17) is 0 Å². The average Bonchev–Trinajstić information content (AvgIpc) is 2.75. The maximum atomic E-state index is 4.09. The lowest BCUT2D eigenvalue weighted by molar-refractivity contribution is 0.275. The fourth-order valence-corrected chi connectivity index (χ4v) is 3.12. The third-order valence-corrected chi connectivity index (χ3v) is 4.25. The molecule has 2 heterocycles. The molecule has 2 heteroatoms. The Hall–Kier alpha value is -1.67. The van der Waals surface area contributed by atoms with Crippen LogP contribution in [0.5, 0.6) is 0 Å². The predicted molar refractivity (Wildman–Crippen MR) is 82.5 cm³/mol. The maximum Gasteiger partial charge on any atom is 0.0271 e. The van der Waals surface area contributed by atoms with Gasteiger partial charge in [-0.25, -0.2) is 0 Å². The molecule has 1 aliphatic heterocycles. The number of hydrogen-bond acceptors (Lipinski definition) is 2. The van der Waals surface area contributed by atoms with Crippen LogP contribution in [-0.2, 0) is 6.54 Å². The third-order valence-electron chi connectivity index (χ3n) is 4.25. The zero-order valence-electron chi connectivity index (χ0n) is 11.9. The van der Waals surface area contributed by atoms with Gasteiger partial charge in [-0.2, -0.15) is 0 Å². The van der Waals surface area contributed by atoms with Crippen LogP contribution in [0.15, 0.2) is 54.9 Å². The number of nitrogens with zero attached hydrogens (tertiary/aromatic N) is 2. The molecule has 0 amide bonds. The van der Waals surface area contributed by atoms with Gasteiger partial charge in [-0.15, -0.1) is 0 Å². The fraction of sp³-hybridized carbons (Fsp3) is 0.389. The summed E-state index contributed by atoms with van der Waals surface area (Å²) in [4.78, 5) is 6.67. The summed E-state index contributed by atoms with van der Waals surface area (Å²) in [7, 11) is 0. The van der Waals surface area contributed by atoms with E-state index in [0.29, 0.717) is 0 Å². The maximum absolute atomic E-state index is 4.09.